The first kappa shape index (κ1) is 13.2. The van der Waals surface area contributed by atoms with Crippen molar-refractivity contribution in [2.24, 2.45) is 0 Å². The number of benzene rings is 1. The molecular formula is C14H18ClNO2. The summed E-state index contributed by atoms with van der Waals surface area (Å²) in [6.45, 7) is 5.16. The molecule has 1 amide bonds. The third-order valence-corrected chi connectivity index (χ3v) is 3.58. The number of ether oxygens (including phenoxy) is 1. The third kappa shape index (κ3) is 3.16. The second-order valence-electron chi connectivity index (χ2n) is 4.76. The van der Waals surface area contributed by atoms with Gasteiger partial charge in [0.25, 0.3) is 0 Å². The molecule has 0 aromatic heterocycles. The monoisotopic (exact) mass is 267 g/mol. The van der Waals surface area contributed by atoms with Crippen LogP contribution in [0.3, 0.4) is 0 Å². The molecule has 1 heterocycles. The number of nitrogens with zero attached hydrogens (tertiary/aromatic N) is 1. The molecule has 1 aromatic rings. The molecule has 1 aliphatic rings. The number of aryl methyl sites for hydroxylation is 1. The van der Waals surface area contributed by atoms with Gasteiger partial charge in [-0.05, 0) is 24.6 Å². The van der Waals surface area contributed by atoms with E-state index >= 15 is 0 Å². The summed E-state index contributed by atoms with van der Waals surface area (Å²) in [5, 5.41) is 0.648. The number of hydrogen-bond acceptors (Lipinski definition) is 2. The van der Waals surface area contributed by atoms with E-state index in [1.807, 2.05) is 30.0 Å². The van der Waals surface area contributed by atoms with Crippen LogP contribution in [0.4, 0.5) is 0 Å². The Morgan fingerprint density at radius 1 is 1.39 bits per heavy atom. The summed E-state index contributed by atoms with van der Waals surface area (Å²) in [6, 6.07) is 5.78. The highest BCUT2D eigenvalue weighted by atomic mass is 35.5. The van der Waals surface area contributed by atoms with Crippen molar-refractivity contribution in [3.05, 3.63) is 28.8 Å². The molecule has 1 aromatic carbocycles. The molecule has 0 bridgehead atoms. The minimum absolute atomic E-state index is 0.141. The van der Waals surface area contributed by atoms with Crippen LogP contribution in [0, 0.1) is 6.92 Å². The van der Waals surface area contributed by atoms with E-state index in [4.69, 9.17) is 16.3 Å². The Morgan fingerprint density at radius 3 is 2.67 bits per heavy atom. The van der Waals surface area contributed by atoms with Gasteiger partial charge in [-0.15, -0.1) is 0 Å². The zero-order valence-corrected chi connectivity index (χ0v) is 11.5. The largest absolute Gasteiger partial charge is 0.489 e. The molecule has 4 heteroatoms. The summed E-state index contributed by atoms with van der Waals surface area (Å²) >= 11 is 6.11. The second kappa shape index (κ2) is 5.61. The van der Waals surface area contributed by atoms with Crippen molar-refractivity contribution in [3.63, 3.8) is 0 Å². The Labute approximate surface area is 113 Å². The molecule has 0 aliphatic carbocycles. The summed E-state index contributed by atoms with van der Waals surface area (Å²) in [7, 11) is 0. The van der Waals surface area contributed by atoms with E-state index in [-0.39, 0.29) is 12.0 Å². The van der Waals surface area contributed by atoms with Crippen LogP contribution < -0.4 is 4.74 Å². The highest BCUT2D eigenvalue weighted by Gasteiger charge is 2.22. The van der Waals surface area contributed by atoms with E-state index in [0.29, 0.717) is 5.02 Å². The van der Waals surface area contributed by atoms with Gasteiger partial charge in [0.05, 0.1) is 5.02 Å². The maximum absolute atomic E-state index is 11.2. The molecule has 0 spiro atoms. The lowest BCUT2D eigenvalue weighted by Gasteiger charge is -2.31. The Kier molecular flexibility index (Phi) is 4.12. The van der Waals surface area contributed by atoms with Gasteiger partial charge in [-0.3, -0.25) is 4.79 Å². The van der Waals surface area contributed by atoms with E-state index in [1.54, 1.807) is 6.92 Å². The van der Waals surface area contributed by atoms with Crippen LogP contribution in [0.25, 0.3) is 0 Å². The summed E-state index contributed by atoms with van der Waals surface area (Å²) in [4.78, 5) is 13.1. The van der Waals surface area contributed by atoms with Crippen LogP contribution in [-0.2, 0) is 4.79 Å². The van der Waals surface area contributed by atoms with E-state index in [0.717, 1.165) is 37.2 Å². The summed E-state index contributed by atoms with van der Waals surface area (Å²) in [5.74, 6) is 0.889. The first-order chi connectivity index (χ1) is 8.56. The topological polar surface area (TPSA) is 29.5 Å². The first-order valence-corrected chi connectivity index (χ1v) is 6.62. The molecule has 0 radical (unpaired) electrons. The maximum Gasteiger partial charge on any atom is 0.219 e. The van der Waals surface area contributed by atoms with Crippen molar-refractivity contribution < 1.29 is 9.53 Å². The van der Waals surface area contributed by atoms with Crippen molar-refractivity contribution in [1.29, 1.82) is 0 Å². The van der Waals surface area contributed by atoms with Gasteiger partial charge in [-0.1, -0.05) is 17.7 Å². The fourth-order valence-corrected chi connectivity index (χ4v) is 2.33. The molecule has 0 atom stereocenters. The van der Waals surface area contributed by atoms with Crippen molar-refractivity contribution in [1.82, 2.24) is 4.90 Å². The Balaban J connectivity index is 1.95. The summed E-state index contributed by atoms with van der Waals surface area (Å²) in [6.07, 6.45) is 1.88. The molecule has 98 valence electrons. The predicted molar refractivity (Wildman–Crippen MR) is 72.1 cm³/mol. The highest BCUT2D eigenvalue weighted by molar-refractivity contribution is 6.32. The minimum Gasteiger partial charge on any atom is -0.489 e. The number of amides is 1. The van der Waals surface area contributed by atoms with Gasteiger partial charge in [0.1, 0.15) is 11.9 Å². The van der Waals surface area contributed by atoms with Crippen molar-refractivity contribution in [3.8, 4) is 5.75 Å². The van der Waals surface area contributed by atoms with Crippen LogP contribution in [0.1, 0.15) is 25.3 Å². The average molecular weight is 268 g/mol. The van der Waals surface area contributed by atoms with Crippen LogP contribution in [0.2, 0.25) is 5.02 Å². The van der Waals surface area contributed by atoms with Gasteiger partial charge in [0, 0.05) is 32.9 Å². The molecule has 1 saturated heterocycles. The zero-order valence-electron chi connectivity index (χ0n) is 10.8. The number of likely N-dealkylation sites (tertiary alicyclic amines) is 1. The summed E-state index contributed by atoms with van der Waals surface area (Å²) in [5.41, 5.74) is 1.13. The molecule has 0 N–H and O–H groups in total. The smallest absolute Gasteiger partial charge is 0.219 e. The third-order valence-electron chi connectivity index (χ3n) is 3.27. The molecule has 0 saturated carbocycles. The predicted octanol–water partition coefficient (Wildman–Crippen LogP) is 3.04. The highest BCUT2D eigenvalue weighted by Crippen LogP contribution is 2.28. The van der Waals surface area contributed by atoms with E-state index in [9.17, 15) is 4.79 Å². The molecule has 1 fully saturated rings. The van der Waals surface area contributed by atoms with Crippen LogP contribution in [-0.4, -0.2) is 30.0 Å². The van der Waals surface area contributed by atoms with Gasteiger partial charge in [-0.25, -0.2) is 0 Å². The van der Waals surface area contributed by atoms with E-state index in [1.165, 1.54) is 0 Å². The summed E-state index contributed by atoms with van der Waals surface area (Å²) < 4.78 is 5.93. The Morgan fingerprint density at radius 2 is 2.06 bits per heavy atom. The lowest BCUT2D eigenvalue weighted by atomic mass is 10.1. The number of carbonyl (C=O) groups excluding carboxylic acids is 1. The number of hydrogen-bond donors (Lipinski definition) is 0. The van der Waals surface area contributed by atoms with Gasteiger partial charge in [0.2, 0.25) is 5.91 Å². The fraction of sp³-hybridized carbons (Fsp3) is 0.500. The van der Waals surface area contributed by atoms with Crippen molar-refractivity contribution in [2.45, 2.75) is 32.8 Å². The van der Waals surface area contributed by atoms with E-state index in [2.05, 4.69) is 0 Å². The lowest BCUT2D eigenvalue weighted by molar-refractivity contribution is -0.130. The SMILES string of the molecule is CC(=O)N1CCC(Oc2cc(C)ccc2Cl)CC1. The van der Waals surface area contributed by atoms with Gasteiger partial charge in [0.15, 0.2) is 0 Å². The Hall–Kier alpha value is -1.22. The van der Waals surface area contributed by atoms with Gasteiger partial charge in [-0.2, -0.15) is 0 Å². The quantitative estimate of drug-likeness (QED) is 0.824. The fourth-order valence-electron chi connectivity index (χ4n) is 2.17. The number of halogens is 1. The number of rotatable bonds is 2. The van der Waals surface area contributed by atoms with Crippen LogP contribution >= 0.6 is 11.6 Å². The lowest BCUT2D eigenvalue weighted by Crippen LogP contribution is -2.40. The van der Waals surface area contributed by atoms with Crippen molar-refractivity contribution in [2.75, 3.05) is 13.1 Å². The minimum atomic E-state index is 0.141. The van der Waals surface area contributed by atoms with Gasteiger partial charge < -0.3 is 9.64 Å². The van der Waals surface area contributed by atoms with E-state index < -0.39 is 0 Å². The first-order valence-electron chi connectivity index (χ1n) is 6.24. The molecular weight excluding hydrogens is 250 g/mol. The van der Waals surface area contributed by atoms with Crippen LogP contribution in [0.15, 0.2) is 18.2 Å². The molecule has 2 rings (SSSR count). The standard InChI is InChI=1S/C14H18ClNO2/c1-10-3-4-13(15)14(9-10)18-12-5-7-16(8-6-12)11(2)17/h3-4,9,12H,5-8H2,1-2H3. The Bertz CT molecular complexity index is 439. The average Bonchev–Trinajstić information content (AvgIpc) is 2.34. The molecule has 18 heavy (non-hydrogen) atoms. The maximum atomic E-state index is 11.2. The zero-order chi connectivity index (χ0) is 13.1. The number of piperidine rings is 1. The normalized spacial score (nSPS) is 16.7. The molecule has 1 aliphatic heterocycles. The second-order valence-corrected chi connectivity index (χ2v) is 5.16. The molecule has 3 nitrogen and oxygen atoms in total. The van der Waals surface area contributed by atoms with Crippen molar-refractivity contribution >= 4 is 17.5 Å². The molecule has 0 unspecified atom stereocenters. The van der Waals surface area contributed by atoms with Gasteiger partial charge >= 0.3 is 0 Å². The number of carbonyl (C=O) groups is 1. The van der Waals surface area contributed by atoms with Crippen LogP contribution in [0.5, 0.6) is 5.75 Å².